The van der Waals surface area contributed by atoms with Crippen molar-refractivity contribution in [1.82, 2.24) is 9.88 Å². The Bertz CT molecular complexity index is 423. The Morgan fingerprint density at radius 1 is 1.53 bits per heavy atom. The third kappa shape index (κ3) is 3.43. The molecule has 19 heavy (non-hydrogen) atoms. The first-order chi connectivity index (χ1) is 8.97. The number of aliphatic hydroxyl groups excluding tert-OH is 2. The number of hydrogen-bond acceptors (Lipinski definition) is 5. The van der Waals surface area contributed by atoms with Gasteiger partial charge in [0.05, 0.1) is 12.2 Å². The maximum atomic E-state index is 9.89. The number of anilines is 1. The average Bonchev–Trinajstić information content (AvgIpc) is 2.69. The normalized spacial score (nSPS) is 25.1. The van der Waals surface area contributed by atoms with E-state index in [2.05, 4.69) is 14.8 Å². The number of aromatic nitrogens is 1. The van der Waals surface area contributed by atoms with Gasteiger partial charge >= 0.3 is 0 Å². The molecule has 5 nitrogen and oxygen atoms in total. The van der Waals surface area contributed by atoms with Crippen LogP contribution >= 0.6 is 0 Å². The number of rotatable bonds is 4. The summed E-state index contributed by atoms with van der Waals surface area (Å²) in [7, 11) is 4.06. The van der Waals surface area contributed by atoms with Crippen molar-refractivity contribution < 1.29 is 10.2 Å². The molecule has 1 aromatic rings. The van der Waals surface area contributed by atoms with Gasteiger partial charge in [0.1, 0.15) is 5.82 Å². The van der Waals surface area contributed by atoms with Crippen LogP contribution in [0.25, 0.3) is 0 Å². The summed E-state index contributed by atoms with van der Waals surface area (Å²) in [6, 6.07) is 3.99. The van der Waals surface area contributed by atoms with Crippen molar-refractivity contribution in [1.29, 1.82) is 0 Å². The van der Waals surface area contributed by atoms with E-state index in [0.29, 0.717) is 6.54 Å². The van der Waals surface area contributed by atoms with Gasteiger partial charge in [-0.3, -0.25) is 0 Å². The van der Waals surface area contributed by atoms with Gasteiger partial charge in [0.2, 0.25) is 0 Å². The fourth-order valence-corrected chi connectivity index (χ4v) is 2.62. The molecular formula is C14H23N3O2. The van der Waals surface area contributed by atoms with Crippen molar-refractivity contribution in [3.8, 4) is 0 Å². The van der Waals surface area contributed by atoms with E-state index < -0.39 is 6.10 Å². The van der Waals surface area contributed by atoms with Crippen LogP contribution in [0, 0.1) is 0 Å². The fourth-order valence-electron chi connectivity index (χ4n) is 2.62. The second kappa shape index (κ2) is 5.86. The molecule has 0 spiro atoms. The third-order valence-electron chi connectivity index (χ3n) is 3.51. The van der Waals surface area contributed by atoms with E-state index in [1.165, 1.54) is 0 Å². The second-order valence-corrected chi connectivity index (χ2v) is 5.58. The summed E-state index contributed by atoms with van der Waals surface area (Å²) in [5.41, 5.74) is 0.856. The molecule has 0 radical (unpaired) electrons. The molecule has 1 aliphatic heterocycles. The molecule has 0 aliphatic carbocycles. The van der Waals surface area contributed by atoms with Gasteiger partial charge in [0.25, 0.3) is 0 Å². The molecule has 3 atom stereocenters. The van der Waals surface area contributed by atoms with Gasteiger partial charge in [0.15, 0.2) is 0 Å². The van der Waals surface area contributed by atoms with Crippen molar-refractivity contribution in [3.05, 3.63) is 23.9 Å². The molecule has 3 unspecified atom stereocenters. The van der Waals surface area contributed by atoms with Gasteiger partial charge in [-0.05, 0) is 45.1 Å². The van der Waals surface area contributed by atoms with Crippen LogP contribution in [-0.4, -0.2) is 59.4 Å². The predicted molar refractivity (Wildman–Crippen MR) is 75.2 cm³/mol. The summed E-state index contributed by atoms with van der Waals surface area (Å²) >= 11 is 0. The van der Waals surface area contributed by atoms with E-state index in [1.807, 2.05) is 26.2 Å². The Hall–Kier alpha value is -1.17. The fraction of sp³-hybridized carbons (Fsp3) is 0.643. The zero-order valence-corrected chi connectivity index (χ0v) is 11.8. The molecule has 1 fully saturated rings. The Kier molecular flexibility index (Phi) is 4.39. The minimum Gasteiger partial charge on any atom is -0.391 e. The summed E-state index contributed by atoms with van der Waals surface area (Å²) in [6.45, 7) is 3.24. The zero-order valence-electron chi connectivity index (χ0n) is 11.8. The summed E-state index contributed by atoms with van der Waals surface area (Å²) < 4.78 is 0. The van der Waals surface area contributed by atoms with Crippen LogP contribution in [0.15, 0.2) is 18.3 Å². The molecule has 1 aromatic heterocycles. The van der Waals surface area contributed by atoms with Crippen molar-refractivity contribution in [3.63, 3.8) is 0 Å². The molecule has 1 saturated heterocycles. The Balaban J connectivity index is 2.21. The van der Waals surface area contributed by atoms with Crippen molar-refractivity contribution >= 4 is 5.82 Å². The van der Waals surface area contributed by atoms with Crippen LogP contribution in [-0.2, 0) is 0 Å². The quantitative estimate of drug-likeness (QED) is 0.836. The van der Waals surface area contributed by atoms with Gasteiger partial charge in [-0.1, -0.05) is 0 Å². The predicted octanol–water partition coefficient (Wildman–Crippen LogP) is 0.636. The largest absolute Gasteiger partial charge is 0.391 e. The lowest BCUT2D eigenvalue weighted by molar-refractivity contribution is 0.191. The number of β-amino-alcohol motifs (C(OH)–C–C–N with tert-alkyl or cyclic N) is 1. The van der Waals surface area contributed by atoms with Crippen LogP contribution in [0.2, 0.25) is 0 Å². The van der Waals surface area contributed by atoms with Crippen molar-refractivity contribution in [2.24, 2.45) is 0 Å². The lowest BCUT2D eigenvalue weighted by Crippen LogP contribution is -2.38. The summed E-state index contributed by atoms with van der Waals surface area (Å²) in [6.07, 6.45) is 1.68. The first kappa shape index (κ1) is 14.2. The number of nitrogens with zero attached hydrogens (tertiary/aromatic N) is 3. The molecule has 0 aromatic carbocycles. The number of aliphatic hydroxyl groups is 2. The lowest BCUT2D eigenvalue weighted by atomic mass is 10.1. The molecule has 1 aliphatic rings. The lowest BCUT2D eigenvalue weighted by Gasteiger charge is -2.28. The zero-order chi connectivity index (χ0) is 14.0. The Morgan fingerprint density at radius 3 is 2.89 bits per heavy atom. The number of hydrogen-bond donors (Lipinski definition) is 2. The molecule has 2 rings (SSSR count). The first-order valence-corrected chi connectivity index (χ1v) is 6.71. The third-order valence-corrected chi connectivity index (χ3v) is 3.51. The molecule has 0 saturated carbocycles. The number of pyridine rings is 1. The highest BCUT2D eigenvalue weighted by atomic mass is 16.3. The van der Waals surface area contributed by atoms with Crippen LogP contribution < -0.4 is 4.90 Å². The molecular weight excluding hydrogens is 242 g/mol. The average molecular weight is 265 g/mol. The highest BCUT2D eigenvalue weighted by Gasteiger charge is 2.32. The van der Waals surface area contributed by atoms with E-state index in [-0.39, 0.29) is 12.1 Å². The van der Waals surface area contributed by atoms with E-state index in [1.54, 1.807) is 13.1 Å². The van der Waals surface area contributed by atoms with E-state index >= 15 is 0 Å². The molecule has 5 heteroatoms. The smallest absolute Gasteiger partial charge is 0.129 e. The second-order valence-electron chi connectivity index (χ2n) is 5.58. The van der Waals surface area contributed by atoms with Gasteiger partial charge in [-0.15, -0.1) is 0 Å². The molecule has 106 valence electrons. The first-order valence-electron chi connectivity index (χ1n) is 6.71. The summed E-state index contributed by atoms with van der Waals surface area (Å²) in [5, 5.41) is 19.5. The highest BCUT2D eigenvalue weighted by Crippen LogP contribution is 2.26. The van der Waals surface area contributed by atoms with E-state index in [4.69, 9.17) is 0 Å². The summed E-state index contributed by atoms with van der Waals surface area (Å²) in [5.74, 6) is 0.835. The minimum absolute atomic E-state index is 0.266. The maximum Gasteiger partial charge on any atom is 0.129 e. The van der Waals surface area contributed by atoms with Crippen LogP contribution in [0.4, 0.5) is 5.82 Å². The van der Waals surface area contributed by atoms with Crippen LogP contribution in [0.1, 0.15) is 25.0 Å². The number of likely N-dealkylation sites (N-methyl/N-ethyl adjacent to an activating group) is 1. The van der Waals surface area contributed by atoms with Crippen LogP contribution in [0.3, 0.4) is 0 Å². The van der Waals surface area contributed by atoms with Crippen LogP contribution in [0.5, 0.6) is 0 Å². The molecule has 0 amide bonds. The topological polar surface area (TPSA) is 59.8 Å². The molecule has 2 N–H and O–H groups in total. The van der Waals surface area contributed by atoms with E-state index in [0.717, 1.165) is 24.3 Å². The van der Waals surface area contributed by atoms with Gasteiger partial charge in [-0.25, -0.2) is 4.98 Å². The molecule has 2 heterocycles. The monoisotopic (exact) mass is 265 g/mol. The van der Waals surface area contributed by atoms with E-state index in [9.17, 15) is 10.2 Å². The standard InChI is InChI=1S/C14H23N3O2/c1-10(18)11-4-5-15-14(6-11)17-9-13(19)7-12(17)8-16(2)3/h4-6,10,12-13,18-19H,7-9H2,1-3H3. The summed E-state index contributed by atoms with van der Waals surface area (Å²) in [4.78, 5) is 8.64. The maximum absolute atomic E-state index is 9.89. The Morgan fingerprint density at radius 2 is 2.26 bits per heavy atom. The molecule has 0 bridgehead atoms. The van der Waals surface area contributed by atoms with Crippen molar-refractivity contribution in [2.45, 2.75) is 31.6 Å². The highest BCUT2D eigenvalue weighted by molar-refractivity contribution is 5.44. The minimum atomic E-state index is -0.499. The van der Waals surface area contributed by atoms with Gasteiger partial charge < -0.3 is 20.0 Å². The van der Waals surface area contributed by atoms with Gasteiger partial charge in [-0.2, -0.15) is 0 Å². The van der Waals surface area contributed by atoms with Crippen molar-refractivity contribution in [2.75, 3.05) is 32.1 Å². The van der Waals surface area contributed by atoms with Gasteiger partial charge in [0, 0.05) is 25.3 Å². The SMILES string of the molecule is CC(O)c1ccnc(N2CC(O)CC2CN(C)C)c1. The Labute approximate surface area is 114 Å².